The standard InChI is InChI=1S/C19H21N5O3S/c1-19(2,3)28(25,26)17-10-24-15(9-21-18(24)7-16(17)27-4)12-5-11(20)6-14-13(12)8-22-23-14/h5-10H,20H2,1-4H3,(H,22,23). The Morgan fingerprint density at radius 1 is 1.18 bits per heavy atom. The molecule has 0 unspecified atom stereocenters. The number of imidazole rings is 1. The summed E-state index contributed by atoms with van der Waals surface area (Å²) in [4.78, 5) is 4.54. The third-order valence-corrected chi connectivity index (χ3v) is 7.25. The lowest BCUT2D eigenvalue weighted by Gasteiger charge is -2.21. The second-order valence-electron chi connectivity index (χ2n) is 7.59. The van der Waals surface area contributed by atoms with Gasteiger partial charge in [-0.15, -0.1) is 0 Å². The van der Waals surface area contributed by atoms with Crippen molar-refractivity contribution in [3.05, 3.63) is 36.8 Å². The number of aromatic amines is 1. The van der Waals surface area contributed by atoms with Gasteiger partial charge in [-0.1, -0.05) is 0 Å². The van der Waals surface area contributed by atoms with Crippen molar-refractivity contribution in [1.82, 2.24) is 19.6 Å². The van der Waals surface area contributed by atoms with E-state index in [1.807, 2.05) is 6.07 Å². The molecule has 146 valence electrons. The number of H-pyrrole nitrogens is 1. The summed E-state index contributed by atoms with van der Waals surface area (Å²) in [6.07, 6.45) is 4.95. The van der Waals surface area contributed by atoms with Crippen LogP contribution in [-0.4, -0.2) is 39.9 Å². The number of sulfone groups is 1. The molecule has 3 aromatic heterocycles. The number of benzene rings is 1. The highest BCUT2D eigenvalue weighted by molar-refractivity contribution is 7.92. The first-order valence-electron chi connectivity index (χ1n) is 8.66. The highest BCUT2D eigenvalue weighted by Crippen LogP contribution is 2.36. The van der Waals surface area contributed by atoms with Crippen molar-refractivity contribution in [2.75, 3.05) is 12.8 Å². The van der Waals surface area contributed by atoms with Gasteiger partial charge in [-0.05, 0) is 32.9 Å². The fourth-order valence-electron chi connectivity index (χ4n) is 3.16. The first-order valence-corrected chi connectivity index (χ1v) is 10.1. The number of nitrogen functional groups attached to an aromatic ring is 1. The second-order valence-corrected chi connectivity index (χ2v) is 10.3. The smallest absolute Gasteiger partial charge is 0.188 e. The number of nitrogens with two attached hydrogens (primary N) is 1. The molecule has 0 aliphatic rings. The molecule has 8 nitrogen and oxygen atoms in total. The van der Waals surface area contributed by atoms with Crippen LogP contribution in [0.25, 0.3) is 27.8 Å². The van der Waals surface area contributed by atoms with Gasteiger partial charge in [-0.2, -0.15) is 5.10 Å². The van der Waals surface area contributed by atoms with E-state index < -0.39 is 14.6 Å². The number of hydrogen-bond donors (Lipinski definition) is 2. The van der Waals surface area contributed by atoms with Crippen LogP contribution >= 0.6 is 0 Å². The zero-order valence-corrected chi connectivity index (χ0v) is 16.8. The molecule has 3 N–H and O–H groups in total. The molecular formula is C19H21N5O3S. The van der Waals surface area contributed by atoms with Crippen molar-refractivity contribution in [2.45, 2.75) is 30.4 Å². The normalized spacial score (nSPS) is 12.7. The summed E-state index contributed by atoms with van der Waals surface area (Å²) in [6, 6.07) is 5.25. The Balaban J connectivity index is 2.05. The van der Waals surface area contributed by atoms with Gasteiger partial charge in [0.05, 0.1) is 35.5 Å². The number of anilines is 1. The zero-order valence-electron chi connectivity index (χ0n) is 16.0. The van der Waals surface area contributed by atoms with Crippen LogP contribution in [0.3, 0.4) is 0 Å². The maximum absolute atomic E-state index is 13.1. The van der Waals surface area contributed by atoms with Gasteiger partial charge in [0.15, 0.2) is 9.84 Å². The number of fused-ring (bicyclic) bond motifs is 2. The number of nitrogens with zero attached hydrogens (tertiary/aromatic N) is 3. The van der Waals surface area contributed by atoms with E-state index in [1.54, 1.807) is 55.9 Å². The van der Waals surface area contributed by atoms with Gasteiger partial charge in [-0.3, -0.25) is 9.50 Å². The molecule has 3 heterocycles. The molecule has 9 heteroatoms. The average molecular weight is 399 g/mol. The molecule has 0 radical (unpaired) electrons. The number of pyridine rings is 1. The Morgan fingerprint density at radius 3 is 2.61 bits per heavy atom. The van der Waals surface area contributed by atoms with Crippen molar-refractivity contribution in [1.29, 1.82) is 0 Å². The molecule has 0 aliphatic heterocycles. The van der Waals surface area contributed by atoms with E-state index in [2.05, 4.69) is 15.2 Å². The minimum atomic E-state index is -3.64. The van der Waals surface area contributed by atoms with Gasteiger partial charge in [0, 0.05) is 28.9 Å². The summed E-state index contributed by atoms with van der Waals surface area (Å²) in [5.41, 5.74) is 9.49. The van der Waals surface area contributed by atoms with Crippen LogP contribution in [0.4, 0.5) is 5.69 Å². The average Bonchev–Trinajstić information content (AvgIpc) is 3.24. The predicted octanol–water partition coefficient (Wildman–Crippen LogP) is 3.04. The predicted molar refractivity (Wildman–Crippen MR) is 108 cm³/mol. The van der Waals surface area contributed by atoms with Gasteiger partial charge >= 0.3 is 0 Å². The summed E-state index contributed by atoms with van der Waals surface area (Å²) in [6.45, 7) is 4.98. The number of hydrogen-bond acceptors (Lipinski definition) is 6. The highest BCUT2D eigenvalue weighted by Gasteiger charge is 2.34. The highest BCUT2D eigenvalue weighted by atomic mass is 32.2. The largest absolute Gasteiger partial charge is 0.495 e. The molecule has 1 aromatic carbocycles. The van der Waals surface area contributed by atoms with Gasteiger partial charge in [0.1, 0.15) is 16.3 Å². The van der Waals surface area contributed by atoms with Crippen LogP contribution < -0.4 is 10.5 Å². The van der Waals surface area contributed by atoms with Crippen molar-refractivity contribution in [2.24, 2.45) is 0 Å². The lowest BCUT2D eigenvalue weighted by molar-refractivity contribution is 0.401. The number of ether oxygens (including phenoxy) is 1. The topological polar surface area (TPSA) is 115 Å². The monoisotopic (exact) mass is 399 g/mol. The molecule has 0 saturated carbocycles. The van der Waals surface area contributed by atoms with Gasteiger partial charge in [0.2, 0.25) is 0 Å². The third-order valence-electron chi connectivity index (χ3n) is 4.75. The van der Waals surface area contributed by atoms with E-state index in [0.717, 1.165) is 16.5 Å². The van der Waals surface area contributed by atoms with Crippen LogP contribution in [-0.2, 0) is 9.84 Å². The Bertz CT molecular complexity index is 1310. The third kappa shape index (κ3) is 2.62. The van der Waals surface area contributed by atoms with E-state index in [9.17, 15) is 8.42 Å². The minimum absolute atomic E-state index is 0.113. The molecule has 4 aromatic rings. The number of nitrogens with one attached hydrogen (secondary N) is 1. The lowest BCUT2D eigenvalue weighted by atomic mass is 10.1. The van der Waals surface area contributed by atoms with Crippen LogP contribution in [0, 0.1) is 0 Å². The van der Waals surface area contributed by atoms with E-state index >= 15 is 0 Å². The van der Waals surface area contributed by atoms with Crippen molar-refractivity contribution >= 4 is 32.1 Å². The maximum atomic E-state index is 13.1. The van der Waals surface area contributed by atoms with Crippen LogP contribution in [0.2, 0.25) is 0 Å². The Hall–Kier alpha value is -3.07. The SMILES string of the molecule is COc1cc2ncc(-c3cc(N)cc4[nH]ncc34)n2cc1S(=O)(=O)C(C)(C)C. The van der Waals surface area contributed by atoms with Crippen molar-refractivity contribution in [3.63, 3.8) is 0 Å². The zero-order chi connectivity index (χ0) is 20.3. The van der Waals surface area contributed by atoms with Crippen LogP contribution in [0.1, 0.15) is 20.8 Å². The Kier molecular flexibility index (Phi) is 3.90. The summed E-state index contributed by atoms with van der Waals surface area (Å²) in [7, 11) is -2.20. The summed E-state index contributed by atoms with van der Waals surface area (Å²) >= 11 is 0. The Morgan fingerprint density at radius 2 is 1.93 bits per heavy atom. The van der Waals surface area contributed by atoms with E-state index in [1.165, 1.54) is 7.11 Å². The maximum Gasteiger partial charge on any atom is 0.188 e. The molecule has 0 amide bonds. The van der Waals surface area contributed by atoms with Gasteiger partial charge in [0.25, 0.3) is 0 Å². The minimum Gasteiger partial charge on any atom is -0.495 e. The van der Waals surface area contributed by atoms with Crippen LogP contribution in [0.5, 0.6) is 5.75 Å². The Labute approximate surface area is 162 Å². The van der Waals surface area contributed by atoms with E-state index in [-0.39, 0.29) is 10.6 Å². The molecule has 0 spiro atoms. The van der Waals surface area contributed by atoms with E-state index in [0.29, 0.717) is 17.0 Å². The summed E-state index contributed by atoms with van der Waals surface area (Å²) in [5.74, 6) is 0.264. The summed E-state index contributed by atoms with van der Waals surface area (Å²) in [5, 5.41) is 7.86. The molecule has 0 fully saturated rings. The molecular weight excluding hydrogens is 378 g/mol. The molecule has 0 saturated heterocycles. The van der Waals surface area contributed by atoms with Gasteiger partial charge < -0.3 is 10.5 Å². The second kappa shape index (κ2) is 5.96. The number of rotatable bonds is 3. The first kappa shape index (κ1) is 18.3. The summed E-state index contributed by atoms with van der Waals surface area (Å²) < 4.78 is 32.4. The molecule has 4 rings (SSSR count). The molecule has 0 aliphatic carbocycles. The molecule has 0 bridgehead atoms. The van der Waals surface area contributed by atoms with Crippen molar-refractivity contribution < 1.29 is 13.2 Å². The first-order chi connectivity index (χ1) is 13.1. The van der Waals surface area contributed by atoms with E-state index in [4.69, 9.17) is 10.5 Å². The lowest BCUT2D eigenvalue weighted by Crippen LogP contribution is -2.28. The fourth-order valence-corrected chi connectivity index (χ4v) is 4.47. The molecule has 28 heavy (non-hydrogen) atoms. The number of aromatic nitrogens is 4. The fraction of sp³-hybridized carbons (Fsp3) is 0.263. The molecule has 0 atom stereocenters. The van der Waals surface area contributed by atoms with Gasteiger partial charge in [-0.25, -0.2) is 13.4 Å². The quantitative estimate of drug-likeness (QED) is 0.512. The van der Waals surface area contributed by atoms with Crippen LogP contribution in [0.15, 0.2) is 41.7 Å². The van der Waals surface area contributed by atoms with Crippen molar-refractivity contribution in [3.8, 4) is 17.0 Å². The number of methoxy groups -OCH3 is 1.